The van der Waals surface area contributed by atoms with Gasteiger partial charge in [-0.05, 0) is 20.3 Å². The van der Waals surface area contributed by atoms with Crippen LogP contribution in [0.25, 0.3) is 0 Å². The number of nitrogens with zero attached hydrogens (tertiary/aromatic N) is 2. The molecule has 0 aliphatic heterocycles. The van der Waals surface area contributed by atoms with Crippen molar-refractivity contribution in [1.29, 1.82) is 0 Å². The topological polar surface area (TPSA) is 79.3 Å². The summed E-state index contributed by atoms with van der Waals surface area (Å²) in [7, 11) is 1.65. The zero-order chi connectivity index (χ0) is 13.4. The molecule has 1 aromatic heterocycles. The summed E-state index contributed by atoms with van der Waals surface area (Å²) in [5.74, 6) is 2.20. The zero-order valence-corrected chi connectivity index (χ0v) is 11.2. The van der Waals surface area contributed by atoms with Gasteiger partial charge in [0, 0.05) is 26.3 Å². The van der Waals surface area contributed by atoms with Crippen molar-refractivity contribution in [3.05, 3.63) is 11.9 Å². The Morgan fingerprint density at radius 1 is 1.39 bits per heavy atom. The molecule has 18 heavy (non-hydrogen) atoms. The van der Waals surface area contributed by atoms with E-state index in [1.54, 1.807) is 7.11 Å². The average molecular weight is 254 g/mol. The lowest BCUT2D eigenvalue weighted by Crippen LogP contribution is -2.26. The van der Waals surface area contributed by atoms with E-state index in [0.717, 1.165) is 18.8 Å². The molecule has 0 radical (unpaired) electrons. The van der Waals surface area contributed by atoms with Gasteiger partial charge in [0.2, 0.25) is 0 Å². The first-order valence-corrected chi connectivity index (χ1v) is 6.15. The molecule has 6 nitrogen and oxygen atoms in total. The van der Waals surface area contributed by atoms with Crippen molar-refractivity contribution in [1.82, 2.24) is 9.97 Å². The van der Waals surface area contributed by atoms with Crippen molar-refractivity contribution in [2.24, 2.45) is 0 Å². The largest absolute Gasteiger partial charge is 0.394 e. The standard InChI is InChI=1S/C12H22N4O2/c1-4-13-11-7-12(15-9(2)14-11)16-10(8-17)5-6-18-3/h7,10,17H,4-6,8H2,1-3H3,(H2,13,14,15,16). The number of methoxy groups -OCH3 is 1. The van der Waals surface area contributed by atoms with Crippen LogP contribution in [0.15, 0.2) is 6.07 Å². The van der Waals surface area contributed by atoms with E-state index >= 15 is 0 Å². The number of hydrogen-bond donors (Lipinski definition) is 3. The molecule has 102 valence electrons. The number of aliphatic hydroxyl groups excluding tert-OH is 1. The SMILES string of the molecule is CCNc1cc(NC(CO)CCOC)nc(C)n1. The first kappa shape index (κ1) is 14.7. The third-order valence-corrected chi connectivity index (χ3v) is 2.44. The minimum absolute atomic E-state index is 0.0446. The van der Waals surface area contributed by atoms with Crippen LogP contribution >= 0.6 is 0 Å². The van der Waals surface area contributed by atoms with Crippen molar-refractivity contribution in [2.75, 3.05) is 37.5 Å². The number of rotatable bonds is 8. The summed E-state index contributed by atoms with van der Waals surface area (Å²) in [6.45, 7) is 5.31. The van der Waals surface area contributed by atoms with Crippen molar-refractivity contribution in [2.45, 2.75) is 26.3 Å². The molecule has 0 saturated carbocycles. The van der Waals surface area contributed by atoms with E-state index in [-0.39, 0.29) is 12.6 Å². The highest BCUT2D eigenvalue weighted by Gasteiger charge is 2.09. The van der Waals surface area contributed by atoms with E-state index in [9.17, 15) is 5.11 Å². The monoisotopic (exact) mass is 254 g/mol. The third kappa shape index (κ3) is 4.85. The Balaban J connectivity index is 2.69. The number of nitrogens with one attached hydrogen (secondary N) is 2. The van der Waals surface area contributed by atoms with Gasteiger partial charge in [-0.15, -0.1) is 0 Å². The van der Waals surface area contributed by atoms with E-state index in [0.29, 0.717) is 18.2 Å². The van der Waals surface area contributed by atoms with Crippen LogP contribution < -0.4 is 10.6 Å². The number of ether oxygens (including phenoxy) is 1. The summed E-state index contributed by atoms with van der Waals surface area (Å²) in [5.41, 5.74) is 0. The maximum atomic E-state index is 9.28. The smallest absolute Gasteiger partial charge is 0.132 e. The molecular weight excluding hydrogens is 232 g/mol. The first-order chi connectivity index (χ1) is 8.69. The average Bonchev–Trinajstić information content (AvgIpc) is 2.34. The van der Waals surface area contributed by atoms with Gasteiger partial charge in [0.15, 0.2) is 0 Å². The number of aliphatic hydroxyl groups is 1. The summed E-state index contributed by atoms with van der Waals surface area (Å²) in [5, 5.41) is 15.6. The summed E-state index contributed by atoms with van der Waals surface area (Å²) in [6, 6.07) is 1.78. The van der Waals surface area contributed by atoms with Crippen LogP contribution in [0, 0.1) is 6.92 Å². The van der Waals surface area contributed by atoms with Crippen LogP contribution in [-0.4, -0.2) is 48.0 Å². The van der Waals surface area contributed by atoms with Crippen LogP contribution in [0.3, 0.4) is 0 Å². The lowest BCUT2D eigenvalue weighted by molar-refractivity contribution is 0.174. The van der Waals surface area contributed by atoms with Crippen molar-refractivity contribution in [3.8, 4) is 0 Å². The molecule has 0 aliphatic rings. The van der Waals surface area contributed by atoms with E-state index in [4.69, 9.17) is 4.74 Å². The van der Waals surface area contributed by atoms with Gasteiger partial charge >= 0.3 is 0 Å². The van der Waals surface area contributed by atoms with Gasteiger partial charge in [-0.3, -0.25) is 0 Å². The molecule has 1 unspecified atom stereocenters. The van der Waals surface area contributed by atoms with Gasteiger partial charge in [-0.25, -0.2) is 9.97 Å². The Morgan fingerprint density at radius 3 is 2.72 bits per heavy atom. The Hall–Kier alpha value is -1.40. The van der Waals surface area contributed by atoms with Gasteiger partial charge < -0.3 is 20.5 Å². The second kappa shape index (κ2) is 7.84. The molecule has 1 rings (SSSR count). The highest BCUT2D eigenvalue weighted by Crippen LogP contribution is 2.12. The molecule has 0 aromatic carbocycles. The second-order valence-corrected chi connectivity index (χ2v) is 4.02. The molecule has 6 heteroatoms. The zero-order valence-electron chi connectivity index (χ0n) is 11.2. The minimum Gasteiger partial charge on any atom is -0.394 e. The van der Waals surface area contributed by atoms with Crippen LogP contribution in [0.4, 0.5) is 11.6 Å². The summed E-state index contributed by atoms with van der Waals surface area (Å²) >= 11 is 0. The van der Waals surface area contributed by atoms with E-state index in [1.807, 2.05) is 19.9 Å². The molecule has 1 atom stereocenters. The molecule has 1 aromatic rings. The summed E-state index contributed by atoms with van der Waals surface area (Å²) in [4.78, 5) is 8.57. The van der Waals surface area contributed by atoms with Crippen molar-refractivity contribution in [3.63, 3.8) is 0 Å². The fraction of sp³-hybridized carbons (Fsp3) is 0.667. The molecule has 0 amide bonds. The Bertz CT molecular complexity index is 360. The maximum Gasteiger partial charge on any atom is 0.132 e. The molecule has 0 fully saturated rings. The van der Waals surface area contributed by atoms with Crippen LogP contribution in [0.1, 0.15) is 19.2 Å². The van der Waals surface area contributed by atoms with Gasteiger partial charge in [0.1, 0.15) is 17.5 Å². The Morgan fingerprint density at radius 2 is 2.11 bits per heavy atom. The fourth-order valence-corrected chi connectivity index (χ4v) is 1.59. The lowest BCUT2D eigenvalue weighted by Gasteiger charge is -2.17. The van der Waals surface area contributed by atoms with Crippen LogP contribution in [0.2, 0.25) is 0 Å². The summed E-state index contributed by atoms with van der Waals surface area (Å²) < 4.78 is 5.00. The number of aryl methyl sites for hydroxylation is 1. The number of aromatic nitrogens is 2. The van der Waals surface area contributed by atoms with Gasteiger partial charge in [0.05, 0.1) is 12.6 Å². The van der Waals surface area contributed by atoms with Crippen molar-refractivity contribution >= 4 is 11.6 Å². The molecule has 1 heterocycles. The quantitative estimate of drug-likeness (QED) is 0.643. The van der Waals surface area contributed by atoms with Gasteiger partial charge in [0.25, 0.3) is 0 Å². The predicted octanol–water partition coefficient (Wildman–Crippen LogP) is 1.03. The van der Waals surface area contributed by atoms with Crippen LogP contribution in [-0.2, 0) is 4.74 Å². The van der Waals surface area contributed by atoms with Gasteiger partial charge in [-0.1, -0.05) is 0 Å². The predicted molar refractivity (Wildman–Crippen MR) is 71.9 cm³/mol. The second-order valence-electron chi connectivity index (χ2n) is 4.02. The van der Waals surface area contributed by atoms with E-state index in [2.05, 4.69) is 20.6 Å². The first-order valence-electron chi connectivity index (χ1n) is 6.15. The maximum absolute atomic E-state index is 9.28. The molecule has 0 saturated heterocycles. The third-order valence-electron chi connectivity index (χ3n) is 2.44. The van der Waals surface area contributed by atoms with Crippen molar-refractivity contribution < 1.29 is 9.84 Å². The van der Waals surface area contributed by atoms with Crippen LogP contribution in [0.5, 0.6) is 0 Å². The molecule has 0 aliphatic carbocycles. The molecule has 0 spiro atoms. The van der Waals surface area contributed by atoms with Gasteiger partial charge in [-0.2, -0.15) is 0 Å². The lowest BCUT2D eigenvalue weighted by atomic mass is 10.2. The summed E-state index contributed by atoms with van der Waals surface area (Å²) in [6.07, 6.45) is 0.729. The molecular formula is C12H22N4O2. The van der Waals surface area contributed by atoms with E-state index in [1.165, 1.54) is 0 Å². The Kier molecular flexibility index (Phi) is 6.38. The number of hydrogen-bond acceptors (Lipinski definition) is 6. The molecule has 0 bridgehead atoms. The van der Waals surface area contributed by atoms with E-state index < -0.39 is 0 Å². The minimum atomic E-state index is -0.0614. The Labute approximate surface area is 108 Å². The number of anilines is 2. The molecule has 3 N–H and O–H groups in total. The normalized spacial score (nSPS) is 12.2. The highest BCUT2D eigenvalue weighted by molar-refractivity contribution is 5.47. The fourth-order valence-electron chi connectivity index (χ4n) is 1.59. The highest BCUT2D eigenvalue weighted by atomic mass is 16.5.